The van der Waals surface area contributed by atoms with Gasteiger partial charge in [-0.05, 0) is 75.9 Å². The third-order valence-electron chi connectivity index (χ3n) is 5.11. The van der Waals surface area contributed by atoms with Gasteiger partial charge in [-0.15, -0.1) is 0 Å². The summed E-state index contributed by atoms with van der Waals surface area (Å²) in [6, 6.07) is 2.70. The molecule has 9 nitrogen and oxygen atoms in total. The maximum absolute atomic E-state index is 14.1. The molecule has 11 heteroatoms. The summed E-state index contributed by atoms with van der Waals surface area (Å²) < 4.78 is 24.9. The first kappa shape index (κ1) is 27.7. The molecule has 2 heterocycles. The van der Waals surface area contributed by atoms with Gasteiger partial charge in [0, 0.05) is 24.7 Å². The number of halogens is 1. The number of esters is 1. The number of nitrogens with one attached hydrogen (secondary N) is 2. The summed E-state index contributed by atoms with van der Waals surface area (Å²) in [5.74, 6) is -1.81. The zero-order valence-electron chi connectivity index (χ0n) is 21.2. The van der Waals surface area contributed by atoms with Crippen LogP contribution in [-0.4, -0.2) is 52.9 Å². The number of benzene rings is 1. The lowest BCUT2D eigenvalue weighted by molar-refractivity contribution is -0.137. The summed E-state index contributed by atoms with van der Waals surface area (Å²) in [5, 5.41) is 4.94. The Labute approximate surface area is 214 Å². The van der Waals surface area contributed by atoms with E-state index in [1.54, 1.807) is 20.8 Å². The fourth-order valence-corrected chi connectivity index (χ4v) is 4.45. The maximum atomic E-state index is 14.1. The number of nitrogens with zero attached hydrogens (tertiary/aromatic N) is 2. The first-order chi connectivity index (χ1) is 16.9. The SMILES string of the molecule is CC(C)CC(NC(=O)OC(C)(C)C)C(=O)Oc1cc(F)ccc1/C=C1/SC(N2CCCCN2)=NC1=O. The van der Waals surface area contributed by atoms with E-state index >= 15 is 0 Å². The number of ether oxygens (including phenoxy) is 2. The van der Waals surface area contributed by atoms with Crippen LogP contribution in [-0.2, 0) is 14.3 Å². The highest BCUT2D eigenvalue weighted by atomic mass is 32.2. The fourth-order valence-electron chi connectivity index (χ4n) is 3.54. The van der Waals surface area contributed by atoms with Crippen LogP contribution in [0.2, 0.25) is 0 Å². The number of hydrogen-bond donors (Lipinski definition) is 2. The van der Waals surface area contributed by atoms with Crippen LogP contribution in [0.4, 0.5) is 9.18 Å². The third-order valence-corrected chi connectivity index (χ3v) is 6.11. The first-order valence-corrected chi connectivity index (χ1v) is 12.8. The largest absolute Gasteiger partial charge is 0.444 e. The van der Waals surface area contributed by atoms with Gasteiger partial charge in [0.15, 0.2) is 5.17 Å². The molecule has 2 aliphatic rings. The van der Waals surface area contributed by atoms with Crippen LogP contribution >= 0.6 is 11.8 Å². The molecule has 2 amide bonds. The van der Waals surface area contributed by atoms with Crippen molar-refractivity contribution in [3.63, 3.8) is 0 Å². The first-order valence-electron chi connectivity index (χ1n) is 12.0. The quantitative estimate of drug-likeness (QED) is 0.326. The van der Waals surface area contributed by atoms with E-state index in [0.717, 1.165) is 32.0 Å². The minimum atomic E-state index is -1.01. The molecule has 0 aromatic heterocycles. The van der Waals surface area contributed by atoms with Crippen molar-refractivity contribution in [3.05, 3.63) is 34.5 Å². The Morgan fingerprint density at radius 3 is 2.69 bits per heavy atom. The van der Waals surface area contributed by atoms with Gasteiger partial charge in [-0.3, -0.25) is 9.80 Å². The summed E-state index contributed by atoms with van der Waals surface area (Å²) in [4.78, 5) is 42.3. The molecule has 2 N–H and O–H groups in total. The van der Waals surface area contributed by atoms with Crippen LogP contribution in [0.3, 0.4) is 0 Å². The lowest BCUT2D eigenvalue weighted by atomic mass is 10.0. The second-order valence-electron chi connectivity index (χ2n) is 10.0. The Bertz CT molecular complexity index is 1060. The summed E-state index contributed by atoms with van der Waals surface area (Å²) in [6.45, 7) is 10.5. The van der Waals surface area contributed by atoms with E-state index in [9.17, 15) is 18.8 Å². The number of hydrogen-bond acceptors (Lipinski definition) is 8. The zero-order valence-corrected chi connectivity index (χ0v) is 22.0. The molecular weight excluding hydrogens is 487 g/mol. The number of alkyl carbamates (subject to hydrolysis) is 1. The van der Waals surface area contributed by atoms with Crippen molar-refractivity contribution in [1.29, 1.82) is 0 Å². The van der Waals surface area contributed by atoms with Crippen molar-refractivity contribution < 1.29 is 28.2 Å². The number of thioether (sulfide) groups is 1. The monoisotopic (exact) mass is 520 g/mol. The Kier molecular flexibility index (Phi) is 9.13. The molecule has 1 unspecified atom stereocenters. The molecule has 0 spiro atoms. The van der Waals surface area contributed by atoms with Crippen LogP contribution in [0.5, 0.6) is 5.75 Å². The Balaban J connectivity index is 1.78. The Morgan fingerprint density at radius 2 is 2.06 bits per heavy atom. The van der Waals surface area contributed by atoms with E-state index in [0.29, 0.717) is 15.6 Å². The molecule has 1 aromatic carbocycles. The van der Waals surface area contributed by atoms with Crippen LogP contribution in [0.1, 0.15) is 59.4 Å². The molecular formula is C25H33FN4O5S. The van der Waals surface area contributed by atoms with Gasteiger partial charge in [-0.2, -0.15) is 4.99 Å². The number of carbonyl (C=O) groups is 3. The fraction of sp³-hybridized carbons (Fsp3) is 0.520. The smallest absolute Gasteiger partial charge is 0.408 e. The zero-order chi connectivity index (χ0) is 26.5. The van der Waals surface area contributed by atoms with Crippen molar-refractivity contribution in [2.45, 2.75) is 65.5 Å². The Hall–Kier alpha value is -2.92. The maximum Gasteiger partial charge on any atom is 0.408 e. The molecule has 1 fully saturated rings. The standard InChI is InChI=1S/C25H33FN4O5S/c1-15(2)12-18(28-24(33)35-25(3,4)5)22(32)34-19-14-17(26)9-8-16(19)13-20-21(31)29-23(36-20)30-11-7-6-10-27-30/h8-9,13-15,18,27H,6-7,10-12H2,1-5H3,(H,28,33)/b20-13+. The third kappa shape index (κ3) is 8.06. The molecule has 196 valence electrons. The lowest BCUT2D eigenvalue weighted by Crippen LogP contribution is -2.45. The highest BCUT2D eigenvalue weighted by Gasteiger charge is 2.29. The average Bonchev–Trinajstić information content (AvgIpc) is 3.14. The minimum Gasteiger partial charge on any atom is -0.444 e. The minimum absolute atomic E-state index is 0.0538. The van der Waals surface area contributed by atoms with Crippen molar-refractivity contribution in [1.82, 2.24) is 15.8 Å². The van der Waals surface area contributed by atoms with Gasteiger partial charge in [0.25, 0.3) is 5.91 Å². The highest BCUT2D eigenvalue weighted by molar-refractivity contribution is 8.18. The number of amides is 2. The van der Waals surface area contributed by atoms with Crippen LogP contribution in [0.25, 0.3) is 6.08 Å². The Morgan fingerprint density at radius 1 is 1.31 bits per heavy atom. The van der Waals surface area contributed by atoms with Crippen LogP contribution < -0.4 is 15.5 Å². The molecule has 0 radical (unpaired) electrons. The van der Waals surface area contributed by atoms with E-state index in [4.69, 9.17) is 9.47 Å². The molecule has 0 bridgehead atoms. The molecule has 0 aliphatic carbocycles. The van der Waals surface area contributed by atoms with Crippen molar-refractivity contribution in [2.24, 2.45) is 10.9 Å². The number of carbonyl (C=O) groups excluding carboxylic acids is 3. The predicted molar refractivity (Wildman–Crippen MR) is 137 cm³/mol. The van der Waals surface area contributed by atoms with Crippen molar-refractivity contribution >= 4 is 41.0 Å². The second-order valence-corrected chi connectivity index (χ2v) is 11.0. The van der Waals surface area contributed by atoms with E-state index in [1.165, 1.54) is 30.0 Å². The van der Waals surface area contributed by atoms with Crippen molar-refractivity contribution in [2.75, 3.05) is 13.1 Å². The van der Waals surface area contributed by atoms with E-state index < -0.39 is 35.4 Å². The lowest BCUT2D eigenvalue weighted by Gasteiger charge is -2.28. The number of amidine groups is 1. The van der Waals surface area contributed by atoms with Gasteiger partial charge in [0.1, 0.15) is 23.2 Å². The molecule has 1 aromatic rings. The summed E-state index contributed by atoms with van der Waals surface area (Å²) in [5.41, 5.74) is 2.80. The number of rotatable bonds is 6. The van der Waals surface area contributed by atoms with Gasteiger partial charge < -0.3 is 14.8 Å². The average molecular weight is 521 g/mol. The van der Waals surface area contributed by atoms with Gasteiger partial charge >= 0.3 is 12.1 Å². The number of hydrazine groups is 1. The molecule has 1 saturated heterocycles. The molecule has 1 atom stereocenters. The molecule has 3 rings (SSSR count). The summed E-state index contributed by atoms with van der Waals surface area (Å²) in [6.07, 6.45) is 3.10. The second kappa shape index (κ2) is 11.9. The van der Waals surface area contributed by atoms with E-state index in [-0.39, 0.29) is 18.1 Å². The number of aliphatic imine (C=N–C) groups is 1. The van der Waals surface area contributed by atoms with Gasteiger partial charge in [0.05, 0.1) is 4.91 Å². The predicted octanol–water partition coefficient (Wildman–Crippen LogP) is 4.24. The molecule has 0 saturated carbocycles. The van der Waals surface area contributed by atoms with E-state index in [2.05, 4.69) is 15.7 Å². The van der Waals surface area contributed by atoms with Crippen molar-refractivity contribution in [3.8, 4) is 5.75 Å². The molecule has 2 aliphatic heterocycles. The van der Waals surface area contributed by atoms with Gasteiger partial charge in [-0.1, -0.05) is 13.8 Å². The highest BCUT2D eigenvalue weighted by Crippen LogP contribution is 2.33. The van der Waals surface area contributed by atoms with E-state index in [1.807, 2.05) is 18.9 Å². The summed E-state index contributed by atoms with van der Waals surface area (Å²) >= 11 is 1.20. The molecule has 36 heavy (non-hydrogen) atoms. The van der Waals surface area contributed by atoms with Gasteiger partial charge in [0.2, 0.25) is 0 Å². The topological polar surface area (TPSA) is 109 Å². The van der Waals surface area contributed by atoms with Crippen LogP contribution in [0, 0.1) is 11.7 Å². The van der Waals surface area contributed by atoms with Crippen LogP contribution in [0.15, 0.2) is 28.1 Å². The summed E-state index contributed by atoms with van der Waals surface area (Å²) in [7, 11) is 0. The van der Waals surface area contributed by atoms with Gasteiger partial charge in [-0.25, -0.2) is 19.4 Å². The normalized spacial score (nSPS) is 18.3.